The van der Waals surface area contributed by atoms with Gasteiger partial charge in [-0.1, -0.05) is 0 Å². The Morgan fingerprint density at radius 1 is 1.40 bits per heavy atom. The second kappa shape index (κ2) is 5.99. The number of halogens is 3. The number of carbonyl (C=O) groups is 2. The maximum Gasteiger partial charge on any atom is 0.405 e. The zero-order chi connectivity index (χ0) is 15.5. The fourth-order valence-corrected chi connectivity index (χ4v) is 2.38. The summed E-state index contributed by atoms with van der Waals surface area (Å²) in [7, 11) is 2.40. The number of alkyl halides is 3. The Morgan fingerprint density at radius 2 is 2.00 bits per heavy atom. The van der Waals surface area contributed by atoms with Crippen molar-refractivity contribution >= 4 is 33.9 Å². The Hall–Kier alpha value is -1.97. The predicted octanol–water partition coefficient (Wildman–Crippen LogP) is 1.45. The lowest BCUT2D eigenvalue weighted by atomic mass is 10.2. The number of amides is 1. The molecule has 0 aromatic carbocycles. The standard InChI is InChI=1S/C10H12F3N3O3S/c1-15-7(17)4-5(14)6(9(18)19-2)20-8(4)16-3-10(11,12)13/h16H,3,14H2,1-2H3,(H,15,17). The fourth-order valence-electron chi connectivity index (χ4n) is 1.34. The number of esters is 1. The van der Waals surface area contributed by atoms with Crippen LogP contribution in [-0.4, -0.2) is 38.8 Å². The molecule has 0 radical (unpaired) electrons. The van der Waals surface area contributed by atoms with Gasteiger partial charge in [0.1, 0.15) is 16.4 Å². The smallest absolute Gasteiger partial charge is 0.405 e. The molecule has 1 amide bonds. The third-order valence-corrected chi connectivity index (χ3v) is 3.36. The molecule has 0 aliphatic rings. The summed E-state index contributed by atoms with van der Waals surface area (Å²) in [6.45, 7) is -1.35. The largest absolute Gasteiger partial charge is 0.465 e. The molecule has 0 aliphatic heterocycles. The van der Waals surface area contributed by atoms with Crippen LogP contribution in [0.2, 0.25) is 0 Å². The molecule has 0 saturated heterocycles. The van der Waals surface area contributed by atoms with Gasteiger partial charge in [0.15, 0.2) is 0 Å². The normalized spacial score (nSPS) is 11.1. The van der Waals surface area contributed by atoms with Crippen LogP contribution in [0, 0.1) is 0 Å². The summed E-state index contributed by atoms with van der Waals surface area (Å²) in [5.41, 5.74) is 5.20. The average Bonchev–Trinajstić information content (AvgIpc) is 2.71. The second-order valence-corrected chi connectivity index (χ2v) is 4.61. The van der Waals surface area contributed by atoms with Crippen molar-refractivity contribution in [3.05, 3.63) is 10.4 Å². The summed E-state index contributed by atoms with van der Waals surface area (Å²) < 4.78 is 41.1. The van der Waals surface area contributed by atoms with Crippen LogP contribution in [-0.2, 0) is 4.74 Å². The minimum Gasteiger partial charge on any atom is -0.465 e. The highest BCUT2D eigenvalue weighted by molar-refractivity contribution is 7.19. The number of ether oxygens (including phenoxy) is 1. The van der Waals surface area contributed by atoms with Crippen LogP contribution in [0.15, 0.2) is 0 Å². The van der Waals surface area contributed by atoms with Crippen molar-refractivity contribution in [3.8, 4) is 0 Å². The lowest BCUT2D eigenvalue weighted by molar-refractivity contribution is -0.115. The number of nitrogen functional groups attached to an aromatic ring is 1. The maximum atomic E-state index is 12.2. The van der Waals surface area contributed by atoms with Crippen LogP contribution in [0.1, 0.15) is 20.0 Å². The van der Waals surface area contributed by atoms with Gasteiger partial charge in [0.2, 0.25) is 0 Å². The van der Waals surface area contributed by atoms with Gasteiger partial charge < -0.3 is 21.1 Å². The highest BCUT2D eigenvalue weighted by atomic mass is 32.1. The number of methoxy groups -OCH3 is 1. The first-order valence-electron chi connectivity index (χ1n) is 5.24. The number of nitrogens with one attached hydrogen (secondary N) is 2. The molecule has 112 valence electrons. The van der Waals surface area contributed by atoms with E-state index in [1.54, 1.807) is 0 Å². The van der Waals surface area contributed by atoms with E-state index in [0.717, 1.165) is 7.11 Å². The Balaban J connectivity index is 3.20. The first-order chi connectivity index (χ1) is 9.21. The van der Waals surface area contributed by atoms with Gasteiger partial charge in [0, 0.05) is 7.05 Å². The van der Waals surface area contributed by atoms with Crippen molar-refractivity contribution in [1.82, 2.24) is 5.32 Å². The molecule has 0 saturated carbocycles. The van der Waals surface area contributed by atoms with Crippen LogP contribution in [0.3, 0.4) is 0 Å². The van der Waals surface area contributed by atoms with E-state index in [2.05, 4.69) is 15.4 Å². The van der Waals surface area contributed by atoms with Crippen LogP contribution < -0.4 is 16.4 Å². The van der Waals surface area contributed by atoms with Gasteiger partial charge >= 0.3 is 12.1 Å². The minimum atomic E-state index is -4.47. The van der Waals surface area contributed by atoms with Crippen molar-refractivity contribution < 1.29 is 27.5 Å². The molecule has 0 bridgehead atoms. The van der Waals surface area contributed by atoms with Gasteiger partial charge in [-0.3, -0.25) is 4.79 Å². The second-order valence-electron chi connectivity index (χ2n) is 3.59. The minimum absolute atomic E-state index is 0.129. The number of thiophene rings is 1. The molecule has 10 heteroatoms. The van der Waals surface area contributed by atoms with Gasteiger partial charge in [-0.25, -0.2) is 4.79 Å². The molecule has 20 heavy (non-hydrogen) atoms. The zero-order valence-corrected chi connectivity index (χ0v) is 11.4. The number of carbonyl (C=O) groups excluding carboxylic acids is 2. The van der Waals surface area contributed by atoms with E-state index in [1.165, 1.54) is 7.05 Å². The lowest BCUT2D eigenvalue weighted by Gasteiger charge is -2.09. The van der Waals surface area contributed by atoms with E-state index in [9.17, 15) is 22.8 Å². The molecule has 6 nitrogen and oxygen atoms in total. The first kappa shape index (κ1) is 16.1. The Morgan fingerprint density at radius 3 is 2.45 bits per heavy atom. The summed E-state index contributed by atoms with van der Waals surface area (Å²) in [4.78, 5) is 23.0. The van der Waals surface area contributed by atoms with E-state index in [-0.39, 0.29) is 21.1 Å². The van der Waals surface area contributed by atoms with Crippen LogP contribution in [0.4, 0.5) is 23.9 Å². The molecular formula is C10H12F3N3O3S. The lowest BCUT2D eigenvalue weighted by Crippen LogP contribution is -2.24. The van der Waals surface area contributed by atoms with Gasteiger partial charge in [0.25, 0.3) is 5.91 Å². The Labute approximate surface area is 116 Å². The van der Waals surface area contributed by atoms with E-state index in [0.29, 0.717) is 11.3 Å². The van der Waals surface area contributed by atoms with Gasteiger partial charge in [-0.2, -0.15) is 13.2 Å². The molecule has 0 unspecified atom stereocenters. The van der Waals surface area contributed by atoms with E-state index in [1.807, 2.05) is 0 Å². The van der Waals surface area contributed by atoms with E-state index in [4.69, 9.17) is 5.73 Å². The first-order valence-corrected chi connectivity index (χ1v) is 6.06. The van der Waals surface area contributed by atoms with Crippen molar-refractivity contribution in [1.29, 1.82) is 0 Å². The highest BCUT2D eigenvalue weighted by Gasteiger charge is 2.30. The third kappa shape index (κ3) is 3.53. The van der Waals surface area contributed by atoms with Crippen molar-refractivity contribution in [3.63, 3.8) is 0 Å². The average molecular weight is 311 g/mol. The molecule has 0 spiro atoms. The third-order valence-electron chi connectivity index (χ3n) is 2.22. The summed E-state index contributed by atoms with van der Waals surface area (Å²) in [6, 6.07) is 0. The number of anilines is 2. The van der Waals surface area contributed by atoms with Crippen molar-refractivity contribution in [2.45, 2.75) is 6.18 Å². The zero-order valence-electron chi connectivity index (χ0n) is 10.6. The molecule has 0 atom stereocenters. The van der Waals surface area contributed by atoms with Crippen molar-refractivity contribution in [2.75, 3.05) is 31.8 Å². The number of hydrogen-bond acceptors (Lipinski definition) is 6. The summed E-state index contributed by atoms with van der Waals surface area (Å²) in [5, 5.41) is 4.16. The van der Waals surface area contributed by atoms with Gasteiger partial charge in [-0.05, 0) is 0 Å². The number of hydrogen-bond donors (Lipinski definition) is 3. The molecule has 1 rings (SSSR count). The van der Waals surface area contributed by atoms with Gasteiger partial charge in [0.05, 0.1) is 18.4 Å². The summed E-state index contributed by atoms with van der Waals surface area (Å²) in [6.07, 6.45) is -4.47. The van der Waals surface area contributed by atoms with Gasteiger partial charge in [-0.15, -0.1) is 11.3 Å². The molecular weight excluding hydrogens is 299 g/mol. The molecule has 1 aromatic rings. The monoisotopic (exact) mass is 311 g/mol. The molecule has 4 N–H and O–H groups in total. The van der Waals surface area contributed by atoms with Crippen LogP contribution >= 0.6 is 11.3 Å². The predicted molar refractivity (Wildman–Crippen MR) is 68.0 cm³/mol. The molecule has 1 heterocycles. The Bertz CT molecular complexity index is 528. The quantitative estimate of drug-likeness (QED) is 0.732. The maximum absolute atomic E-state index is 12.2. The van der Waals surface area contributed by atoms with Crippen molar-refractivity contribution in [2.24, 2.45) is 0 Å². The van der Waals surface area contributed by atoms with Crippen LogP contribution in [0.25, 0.3) is 0 Å². The molecule has 0 aliphatic carbocycles. The molecule has 0 fully saturated rings. The van der Waals surface area contributed by atoms with Crippen LogP contribution in [0.5, 0.6) is 0 Å². The Kier molecular flexibility index (Phi) is 4.82. The fraction of sp³-hybridized carbons (Fsp3) is 0.400. The summed E-state index contributed by atoms with van der Waals surface area (Å²) in [5.74, 6) is -1.52. The van der Waals surface area contributed by atoms with E-state index >= 15 is 0 Å². The number of nitrogens with two attached hydrogens (primary N) is 1. The summed E-state index contributed by atoms with van der Waals surface area (Å²) >= 11 is 0.632. The highest BCUT2D eigenvalue weighted by Crippen LogP contribution is 2.36. The SMILES string of the molecule is CNC(=O)c1c(NCC(F)(F)F)sc(C(=O)OC)c1N. The topological polar surface area (TPSA) is 93.5 Å². The number of rotatable bonds is 4. The molecule has 1 aromatic heterocycles. The van der Waals surface area contributed by atoms with E-state index < -0.39 is 24.6 Å².